The Morgan fingerprint density at radius 1 is 1.03 bits per heavy atom. The van der Waals surface area contributed by atoms with Crippen LogP contribution < -0.4 is 0 Å². The van der Waals surface area contributed by atoms with E-state index >= 15 is 0 Å². The molecule has 184 valence electrons. The average molecular weight is 488 g/mol. The number of halogens is 1. The number of carbonyl (C=O) groups is 2. The quantitative estimate of drug-likeness (QED) is 0.512. The number of nitrogens with zero attached hydrogens (tertiary/aromatic N) is 3. The molecule has 1 saturated heterocycles. The van der Waals surface area contributed by atoms with Crippen molar-refractivity contribution >= 4 is 23.2 Å². The molecular weight excluding hydrogens is 453 g/mol. The van der Waals surface area contributed by atoms with Crippen LogP contribution in [0.5, 0.6) is 0 Å². The van der Waals surface area contributed by atoms with Crippen LogP contribution in [0, 0.1) is 11.7 Å². The van der Waals surface area contributed by atoms with Crippen LogP contribution in [0.4, 0.5) is 4.39 Å². The summed E-state index contributed by atoms with van der Waals surface area (Å²) in [7, 11) is 0. The van der Waals surface area contributed by atoms with Gasteiger partial charge in [0, 0.05) is 43.5 Å². The van der Waals surface area contributed by atoms with Crippen molar-refractivity contribution in [2.45, 2.75) is 38.8 Å². The monoisotopic (exact) mass is 487 g/mol. The maximum atomic E-state index is 13.6. The molecule has 1 aromatic heterocycles. The third-order valence-electron chi connectivity index (χ3n) is 6.70. The van der Waals surface area contributed by atoms with Gasteiger partial charge in [-0.1, -0.05) is 31.0 Å². The summed E-state index contributed by atoms with van der Waals surface area (Å²) in [5.74, 6) is -0.236. The maximum Gasteiger partial charge on any atom is 0.242 e. The summed E-state index contributed by atoms with van der Waals surface area (Å²) < 4.78 is 18.8. The Hall–Kier alpha value is -2.29. The molecule has 34 heavy (non-hydrogen) atoms. The Labute approximate surface area is 205 Å². The van der Waals surface area contributed by atoms with Gasteiger partial charge in [0.1, 0.15) is 5.82 Å². The molecule has 1 saturated carbocycles. The van der Waals surface area contributed by atoms with Crippen LogP contribution >= 0.6 is 11.3 Å². The number of carbonyl (C=O) groups excluding carboxylic acids is 2. The highest BCUT2D eigenvalue weighted by molar-refractivity contribution is 7.09. The lowest BCUT2D eigenvalue weighted by molar-refractivity contribution is -0.143. The molecule has 8 heteroatoms. The summed E-state index contributed by atoms with van der Waals surface area (Å²) in [4.78, 5) is 33.8. The van der Waals surface area contributed by atoms with Crippen molar-refractivity contribution in [3.05, 3.63) is 58.0 Å². The van der Waals surface area contributed by atoms with E-state index in [2.05, 4.69) is 4.90 Å². The molecule has 2 amide bonds. The molecular formula is C26H34FN3O3S. The Kier molecular flexibility index (Phi) is 9.07. The SMILES string of the molecule is O=C(CN(CCN1CCOCC1)C(=O)C1CCCC1)N(Cc1ccc(F)cc1)Cc1cccs1. The lowest BCUT2D eigenvalue weighted by Gasteiger charge is -2.32. The molecule has 1 aliphatic carbocycles. The van der Waals surface area contributed by atoms with Crippen molar-refractivity contribution < 1.29 is 18.7 Å². The molecule has 6 nitrogen and oxygen atoms in total. The van der Waals surface area contributed by atoms with E-state index in [0.29, 0.717) is 32.8 Å². The number of hydrogen-bond donors (Lipinski definition) is 0. The van der Waals surface area contributed by atoms with Gasteiger partial charge in [-0.05, 0) is 42.0 Å². The molecule has 2 aromatic rings. The lowest BCUT2D eigenvalue weighted by atomic mass is 10.1. The van der Waals surface area contributed by atoms with E-state index < -0.39 is 0 Å². The van der Waals surface area contributed by atoms with Crippen molar-refractivity contribution in [1.29, 1.82) is 0 Å². The standard InChI is InChI=1S/C26H34FN3O3S/c27-23-9-7-21(8-10-23)18-30(19-24-6-3-17-34-24)25(31)20-29(26(32)22-4-1-2-5-22)12-11-28-13-15-33-16-14-28/h3,6-10,17,22H,1-2,4-5,11-16,18-20H2. The minimum absolute atomic E-state index is 0.0281. The molecule has 1 aromatic carbocycles. The Bertz CT molecular complexity index is 910. The van der Waals surface area contributed by atoms with Crippen LogP contribution in [0.25, 0.3) is 0 Å². The predicted octanol–water partition coefficient (Wildman–Crippen LogP) is 3.77. The fourth-order valence-electron chi connectivity index (χ4n) is 4.68. The molecule has 2 aliphatic rings. The van der Waals surface area contributed by atoms with E-state index in [1.165, 1.54) is 12.1 Å². The first kappa shape index (κ1) is 24.8. The van der Waals surface area contributed by atoms with E-state index in [-0.39, 0.29) is 30.1 Å². The number of benzene rings is 1. The molecule has 0 N–H and O–H groups in total. The Morgan fingerprint density at radius 2 is 1.76 bits per heavy atom. The van der Waals surface area contributed by atoms with E-state index in [9.17, 15) is 14.0 Å². The predicted molar refractivity (Wildman–Crippen MR) is 131 cm³/mol. The zero-order valence-corrected chi connectivity index (χ0v) is 20.5. The summed E-state index contributed by atoms with van der Waals surface area (Å²) in [5.41, 5.74) is 0.869. The number of rotatable bonds is 10. The van der Waals surface area contributed by atoms with Gasteiger partial charge in [0.15, 0.2) is 0 Å². The van der Waals surface area contributed by atoms with Gasteiger partial charge in [-0.25, -0.2) is 4.39 Å². The minimum Gasteiger partial charge on any atom is -0.379 e. The topological polar surface area (TPSA) is 53.1 Å². The van der Waals surface area contributed by atoms with Gasteiger partial charge in [0.05, 0.1) is 26.3 Å². The van der Waals surface area contributed by atoms with Crippen molar-refractivity contribution in [2.24, 2.45) is 5.92 Å². The molecule has 2 heterocycles. The summed E-state index contributed by atoms with van der Waals surface area (Å²) in [5, 5.41) is 1.99. The molecule has 0 unspecified atom stereocenters. The first-order valence-corrected chi connectivity index (χ1v) is 13.1. The van der Waals surface area contributed by atoms with Crippen LogP contribution in [0.2, 0.25) is 0 Å². The van der Waals surface area contributed by atoms with Crippen molar-refractivity contribution in [1.82, 2.24) is 14.7 Å². The molecule has 1 aliphatic heterocycles. The fourth-order valence-corrected chi connectivity index (χ4v) is 5.40. The van der Waals surface area contributed by atoms with Crippen LogP contribution in [0.15, 0.2) is 41.8 Å². The van der Waals surface area contributed by atoms with E-state index in [4.69, 9.17) is 4.74 Å². The third-order valence-corrected chi connectivity index (χ3v) is 7.56. The van der Waals surface area contributed by atoms with Gasteiger partial charge in [-0.3, -0.25) is 14.5 Å². The van der Waals surface area contributed by atoms with Crippen molar-refractivity contribution in [3.63, 3.8) is 0 Å². The van der Waals surface area contributed by atoms with E-state index in [1.54, 1.807) is 33.3 Å². The van der Waals surface area contributed by atoms with Gasteiger partial charge in [-0.2, -0.15) is 0 Å². The van der Waals surface area contributed by atoms with Crippen molar-refractivity contribution in [2.75, 3.05) is 45.9 Å². The zero-order valence-electron chi connectivity index (χ0n) is 19.7. The van der Waals surface area contributed by atoms with Gasteiger partial charge in [0.2, 0.25) is 11.8 Å². The zero-order chi connectivity index (χ0) is 23.8. The van der Waals surface area contributed by atoms with E-state index in [1.807, 2.05) is 17.5 Å². The number of hydrogen-bond acceptors (Lipinski definition) is 5. The van der Waals surface area contributed by atoms with Crippen LogP contribution in [0.1, 0.15) is 36.1 Å². The highest BCUT2D eigenvalue weighted by Gasteiger charge is 2.30. The Morgan fingerprint density at radius 3 is 2.44 bits per heavy atom. The fraction of sp³-hybridized carbons (Fsp3) is 0.538. The first-order chi connectivity index (χ1) is 16.6. The number of amides is 2. The minimum atomic E-state index is -0.295. The third kappa shape index (κ3) is 7.10. The second-order valence-corrected chi connectivity index (χ2v) is 10.2. The molecule has 4 rings (SSSR count). The normalized spacial score (nSPS) is 17.1. The number of thiophene rings is 1. The van der Waals surface area contributed by atoms with Crippen LogP contribution in [-0.2, 0) is 27.4 Å². The molecule has 0 bridgehead atoms. The first-order valence-electron chi connectivity index (χ1n) is 12.2. The molecule has 0 atom stereocenters. The molecule has 2 fully saturated rings. The van der Waals surface area contributed by atoms with E-state index in [0.717, 1.165) is 55.8 Å². The lowest BCUT2D eigenvalue weighted by Crippen LogP contribution is -2.48. The average Bonchev–Trinajstić information content (AvgIpc) is 3.57. The second-order valence-electron chi connectivity index (χ2n) is 9.15. The molecule has 0 radical (unpaired) electrons. The largest absolute Gasteiger partial charge is 0.379 e. The highest BCUT2D eigenvalue weighted by Crippen LogP contribution is 2.27. The summed E-state index contributed by atoms with van der Waals surface area (Å²) in [6, 6.07) is 10.2. The summed E-state index contributed by atoms with van der Waals surface area (Å²) in [6.07, 6.45) is 3.98. The second kappa shape index (κ2) is 12.4. The smallest absolute Gasteiger partial charge is 0.242 e. The maximum absolute atomic E-state index is 13.6. The summed E-state index contributed by atoms with van der Waals surface area (Å²) >= 11 is 1.60. The van der Waals surface area contributed by atoms with Crippen molar-refractivity contribution in [3.8, 4) is 0 Å². The van der Waals surface area contributed by atoms with Crippen LogP contribution in [0.3, 0.4) is 0 Å². The summed E-state index contributed by atoms with van der Waals surface area (Å²) in [6.45, 7) is 5.36. The van der Waals surface area contributed by atoms with Crippen LogP contribution in [-0.4, -0.2) is 72.5 Å². The Balaban J connectivity index is 1.46. The van der Waals surface area contributed by atoms with Gasteiger partial charge in [-0.15, -0.1) is 11.3 Å². The molecule has 0 spiro atoms. The number of morpholine rings is 1. The highest BCUT2D eigenvalue weighted by atomic mass is 32.1. The number of ether oxygens (including phenoxy) is 1. The van der Waals surface area contributed by atoms with Gasteiger partial charge >= 0.3 is 0 Å². The van der Waals surface area contributed by atoms with Gasteiger partial charge in [0.25, 0.3) is 0 Å². The van der Waals surface area contributed by atoms with Gasteiger partial charge < -0.3 is 14.5 Å².